The summed E-state index contributed by atoms with van der Waals surface area (Å²) < 4.78 is 0. The minimum atomic E-state index is 0.677. The second kappa shape index (κ2) is 8.16. The quantitative estimate of drug-likeness (QED) is 0.780. The highest BCUT2D eigenvalue weighted by Crippen LogP contribution is 2.13. The van der Waals surface area contributed by atoms with Gasteiger partial charge in [-0.15, -0.1) is 0 Å². The van der Waals surface area contributed by atoms with Gasteiger partial charge in [0.1, 0.15) is 5.82 Å². The number of hydrogen-bond acceptors (Lipinski definition) is 3. The van der Waals surface area contributed by atoms with E-state index in [0.29, 0.717) is 11.8 Å². The zero-order valence-corrected chi connectivity index (χ0v) is 13.1. The van der Waals surface area contributed by atoms with Crippen LogP contribution in [0.5, 0.6) is 0 Å². The van der Waals surface area contributed by atoms with E-state index in [1.165, 1.54) is 6.42 Å². The Morgan fingerprint density at radius 3 is 2.63 bits per heavy atom. The Morgan fingerprint density at radius 1 is 1.26 bits per heavy atom. The van der Waals surface area contributed by atoms with Crippen molar-refractivity contribution >= 4 is 5.82 Å². The first kappa shape index (κ1) is 16.0. The lowest BCUT2D eigenvalue weighted by Crippen LogP contribution is -2.25. The van der Waals surface area contributed by atoms with Gasteiger partial charge in [0.05, 0.1) is 5.69 Å². The molecule has 1 N–H and O–H groups in total. The summed E-state index contributed by atoms with van der Waals surface area (Å²) >= 11 is 0. The van der Waals surface area contributed by atoms with Crippen LogP contribution < -0.4 is 10.2 Å². The number of aromatic nitrogens is 1. The van der Waals surface area contributed by atoms with Crippen LogP contribution in [0.2, 0.25) is 0 Å². The molecule has 0 aliphatic carbocycles. The molecule has 0 fully saturated rings. The molecule has 0 amide bonds. The second-order valence-electron chi connectivity index (χ2n) is 5.91. The molecular weight excluding hydrogens is 234 g/mol. The molecule has 0 radical (unpaired) electrons. The molecule has 1 atom stereocenters. The Balaban J connectivity index is 2.55. The lowest BCUT2D eigenvalue weighted by Gasteiger charge is -2.22. The molecule has 3 heteroatoms. The lowest BCUT2D eigenvalue weighted by atomic mass is 10.1. The van der Waals surface area contributed by atoms with Gasteiger partial charge in [0.2, 0.25) is 0 Å². The van der Waals surface area contributed by atoms with Crippen LogP contribution in [0.25, 0.3) is 0 Å². The molecule has 108 valence electrons. The molecule has 0 bridgehead atoms. The third-order valence-corrected chi connectivity index (χ3v) is 3.32. The van der Waals surface area contributed by atoms with E-state index in [-0.39, 0.29) is 0 Å². The Kier molecular flexibility index (Phi) is 6.85. The number of nitrogens with one attached hydrogen (secondary N) is 1. The molecule has 0 spiro atoms. The third-order valence-electron chi connectivity index (χ3n) is 3.32. The smallest absolute Gasteiger partial charge is 0.128 e. The van der Waals surface area contributed by atoms with E-state index in [1.54, 1.807) is 0 Å². The molecule has 0 saturated carbocycles. The molecule has 0 aliphatic heterocycles. The number of hydrogen-bond donors (Lipinski definition) is 1. The molecule has 1 heterocycles. The third kappa shape index (κ3) is 6.06. The van der Waals surface area contributed by atoms with Gasteiger partial charge in [-0.2, -0.15) is 0 Å². The molecule has 1 unspecified atom stereocenters. The van der Waals surface area contributed by atoms with Crippen LogP contribution in [-0.4, -0.2) is 25.1 Å². The van der Waals surface area contributed by atoms with E-state index in [0.717, 1.165) is 31.1 Å². The summed E-state index contributed by atoms with van der Waals surface area (Å²) in [6, 6.07) is 6.28. The number of rotatable bonds is 8. The fourth-order valence-corrected chi connectivity index (χ4v) is 1.96. The van der Waals surface area contributed by atoms with E-state index in [4.69, 9.17) is 4.98 Å². The van der Waals surface area contributed by atoms with Crippen LogP contribution in [0.4, 0.5) is 5.82 Å². The number of anilines is 1. The number of pyridine rings is 1. The zero-order chi connectivity index (χ0) is 14.3. The van der Waals surface area contributed by atoms with Crippen LogP contribution >= 0.6 is 0 Å². The highest BCUT2D eigenvalue weighted by Gasteiger charge is 2.07. The maximum absolute atomic E-state index is 4.72. The Hall–Kier alpha value is -1.09. The Bertz CT molecular complexity index is 363. The highest BCUT2D eigenvalue weighted by molar-refractivity contribution is 5.38. The van der Waals surface area contributed by atoms with Gasteiger partial charge in [-0.05, 0) is 30.5 Å². The first-order chi connectivity index (χ1) is 9.02. The summed E-state index contributed by atoms with van der Waals surface area (Å²) in [5.74, 6) is 2.45. The molecular formula is C16H29N3. The first-order valence-corrected chi connectivity index (χ1v) is 7.40. The van der Waals surface area contributed by atoms with Crippen molar-refractivity contribution in [3.05, 3.63) is 23.9 Å². The molecule has 3 nitrogen and oxygen atoms in total. The SMILES string of the molecule is CCC(C)CN(C)c1cccc(CNCC(C)C)n1. The van der Waals surface area contributed by atoms with E-state index >= 15 is 0 Å². The monoisotopic (exact) mass is 263 g/mol. The molecule has 0 aromatic carbocycles. The average molecular weight is 263 g/mol. The molecule has 1 aromatic heterocycles. The molecule has 0 saturated heterocycles. The standard InChI is InChI=1S/C16H29N3/c1-6-14(4)12-19(5)16-9-7-8-15(18-16)11-17-10-13(2)3/h7-9,13-14,17H,6,10-12H2,1-5H3. The van der Waals surface area contributed by atoms with Crippen molar-refractivity contribution in [1.82, 2.24) is 10.3 Å². The van der Waals surface area contributed by atoms with Gasteiger partial charge in [0.25, 0.3) is 0 Å². The molecule has 19 heavy (non-hydrogen) atoms. The van der Waals surface area contributed by atoms with Gasteiger partial charge in [0, 0.05) is 20.1 Å². The lowest BCUT2D eigenvalue weighted by molar-refractivity contribution is 0.545. The fraction of sp³-hybridized carbons (Fsp3) is 0.688. The molecule has 1 aromatic rings. The van der Waals surface area contributed by atoms with Crippen LogP contribution in [0.3, 0.4) is 0 Å². The predicted octanol–water partition coefficient (Wildman–Crippen LogP) is 3.31. The van der Waals surface area contributed by atoms with Crippen molar-refractivity contribution in [1.29, 1.82) is 0 Å². The predicted molar refractivity (Wildman–Crippen MR) is 83.5 cm³/mol. The van der Waals surface area contributed by atoms with Crippen molar-refractivity contribution in [2.24, 2.45) is 11.8 Å². The van der Waals surface area contributed by atoms with Gasteiger partial charge in [-0.25, -0.2) is 4.98 Å². The van der Waals surface area contributed by atoms with E-state index < -0.39 is 0 Å². The van der Waals surface area contributed by atoms with Crippen molar-refractivity contribution in [3.8, 4) is 0 Å². The molecule has 1 rings (SSSR count). The van der Waals surface area contributed by atoms with Crippen LogP contribution in [0, 0.1) is 11.8 Å². The normalized spacial score (nSPS) is 12.7. The van der Waals surface area contributed by atoms with Crippen molar-refractivity contribution < 1.29 is 0 Å². The van der Waals surface area contributed by atoms with Crippen LogP contribution in [0.15, 0.2) is 18.2 Å². The summed E-state index contributed by atoms with van der Waals surface area (Å²) in [5, 5.41) is 3.44. The van der Waals surface area contributed by atoms with Gasteiger partial charge in [-0.1, -0.05) is 40.2 Å². The first-order valence-electron chi connectivity index (χ1n) is 7.40. The van der Waals surface area contributed by atoms with Gasteiger partial charge in [0.15, 0.2) is 0 Å². The van der Waals surface area contributed by atoms with E-state index in [1.807, 2.05) is 0 Å². The van der Waals surface area contributed by atoms with E-state index in [2.05, 4.69) is 63.2 Å². The average Bonchev–Trinajstić information content (AvgIpc) is 2.38. The maximum atomic E-state index is 4.72. The topological polar surface area (TPSA) is 28.2 Å². The summed E-state index contributed by atoms with van der Waals surface area (Å²) in [4.78, 5) is 6.97. The van der Waals surface area contributed by atoms with Gasteiger partial charge in [-0.3, -0.25) is 0 Å². The van der Waals surface area contributed by atoms with Crippen molar-refractivity contribution in [2.45, 2.75) is 40.7 Å². The van der Waals surface area contributed by atoms with Gasteiger partial charge >= 0.3 is 0 Å². The van der Waals surface area contributed by atoms with Crippen molar-refractivity contribution in [3.63, 3.8) is 0 Å². The van der Waals surface area contributed by atoms with Gasteiger partial charge < -0.3 is 10.2 Å². The highest BCUT2D eigenvalue weighted by atomic mass is 15.2. The summed E-state index contributed by atoms with van der Waals surface area (Å²) in [6.07, 6.45) is 1.21. The summed E-state index contributed by atoms with van der Waals surface area (Å²) in [5.41, 5.74) is 1.12. The number of nitrogens with zero attached hydrogens (tertiary/aromatic N) is 2. The minimum Gasteiger partial charge on any atom is -0.359 e. The van der Waals surface area contributed by atoms with Crippen LogP contribution in [0.1, 0.15) is 39.8 Å². The Labute approximate surface area is 118 Å². The second-order valence-corrected chi connectivity index (χ2v) is 5.91. The van der Waals surface area contributed by atoms with E-state index in [9.17, 15) is 0 Å². The largest absolute Gasteiger partial charge is 0.359 e. The minimum absolute atomic E-state index is 0.677. The molecule has 0 aliphatic rings. The Morgan fingerprint density at radius 2 is 2.00 bits per heavy atom. The zero-order valence-electron chi connectivity index (χ0n) is 13.1. The summed E-state index contributed by atoms with van der Waals surface area (Å²) in [7, 11) is 2.12. The van der Waals surface area contributed by atoms with Crippen molar-refractivity contribution in [2.75, 3.05) is 25.0 Å². The maximum Gasteiger partial charge on any atom is 0.128 e. The van der Waals surface area contributed by atoms with Crippen LogP contribution in [-0.2, 0) is 6.54 Å². The summed E-state index contributed by atoms with van der Waals surface area (Å²) in [6.45, 7) is 11.9. The fourth-order valence-electron chi connectivity index (χ4n) is 1.96.